The second-order valence-corrected chi connectivity index (χ2v) is 10.1. The molecule has 8 nitrogen and oxygen atoms in total. The molecule has 2 amide bonds. The number of nitrogens with zero attached hydrogens (tertiary/aromatic N) is 2. The predicted octanol–water partition coefficient (Wildman–Crippen LogP) is 5.41. The van der Waals surface area contributed by atoms with Gasteiger partial charge in [-0.25, -0.2) is 9.78 Å². The number of para-hydroxylation sites is 1. The van der Waals surface area contributed by atoms with Crippen molar-refractivity contribution in [2.45, 2.75) is 32.0 Å². The van der Waals surface area contributed by atoms with Crippen LogP contribution in [0.4, 0.5) is 21.9 Å². The number of hydrogen-bond acceptors (Lipinski definition) is 7. The van der Waals surface area contributed by atoms with E-state index >= 15 is 0 Å². The zero-order chi connectivity index (χ0) is 24.6. The summed E-state index contributed by atoms with van der Waals surface area (Å²) in [5, 5.41) is 21.6. The Morgan fingerprint density at radius 3 is 2.81 bits per heavy atom. The van der Waals surface area contributed by atoms with Crippen LogP contribution in [-0.4, -0.2) is 35.3 Å². The Balaban J connectivity index is 1.34. The van der Waals surface area contributed by atoms with E-state index in [0.717, 1.165) is 58.8 Å². The minimum Gasteiger partial charge on any atom is -0.457 e. The number of urea groups is 1. The van der Waals surface area contributed by atoms with Crippen LogP contribution in [0.2, 0.25) is 0 Å². The molecule has 0 bridgehead atoms. The summed E-state index contributed by atoms with van der Waals surface area (Å²) in [4.78, 5) is 21.1. The number of nitrogens with one attached hydrogen (secondary N) is 3. The van der Waals surface area contributed by atoms with Crippen LogP contribution in [0.3, 0.4) is 0 Å². The van der Waals surface area contributed by atoms with Crippen molar-refractivity contribution in [2.24, 2.45) is 0 Å². The molecule has 0 saturated carbocycles. The minimum absolute atomic E-state index is 0.175. The lowest BCUT2D eigenvalue weighted by Gasteiger charge is -2.30. The summed E-state index contributed by atoms with van der Waals surface area (Å²) in [5.74, 6) is 1.45. The van der Waals surface area contributed by atoms with Gasteiger partial charge in [-0.2, -0.15) is 0 Å². The first-order valence-electron chi connectivity index (χ1n) is 12.1. The molecule has 184 valence electrons. The second-order valence-electron chi connectivity index (χ2n) is 9.09. The highest BCUT2D eigenvalue weighted by atomic mass is 32.1. The normalized spacial score (nSPS) is 18.2. The highest BCUT2D eigenvalue weighted by Gasteiger charge is 2.33. The van der Waals surface area contributed by atoms with Crippen molar-refractivity contribution in [3.8, 4) is 11.5 Å². The Kier molecular flexibility index (Phi) is 6.06. The number of hydrogen-bond donors (Lipinski definition) is 4. The fourth-order valence-electron chi connectivity index (χ4n) is 4.90. The average Bonchev–Trinajstić information content (AvgIpc) is 3.26. The van der Waals surface area contributed by atoms with E-state index in [1.807, 2.05) is 61.5 Å². The van der Waals surface area contributed by atoms with Gasteiger partial charge in [-0.3, -0.25) is 10.2 Å². The summed E-state index contributed by atoms with van der Waals surface area (Å²) in [6.07, 6.45) is 2.88. The number of ether oxygens (including phenoxy) is 1. The van der Waals surface area contributed by atoms with Crippen LogP contribution in [0, 0.1) is 6.92 Å². The second kappa shape index (κ2) is 9.51. The van der Waals surface area contributed by atoms with Crippen LogP contribution in [0.5, 0.6) is 11.5 Å². The number of pyridine rings is 1. The van der Waals surface area contributed by atoms with Gasteiger partial charge in [0.05, 0.1) is 27.3 Å². The third kappa shape index (κ3) is 4.20. The highest BCUT2D eigenvalue weighted by molar-refractivity contribution is 7.19. The molecule has 2 aromatic heterocycles. The maximum atomic E-state index is 13.4. The number of thiophene rings is 1. The van der Waals surface area contributed by atoms with E-state index in [9.17, 15) is 9.90 Å². The number of carbonyl (C=O) groups excluding carboxylic acids is 1. The van der Waals surface area contributed by atoms with E-state index in [4.69, 9.17) is 4.74 Å². The van der Waals surface area contributed by atoms with Crippen LogP contribution in [0.25, 0.3) is 10.2 Å². The van der Waals surface area contributed by atoms with Gasteiger partial charge in [0.1, 0.15) is 22.6 Å². The van der Waals surface area contributed by atoms with Crippen molar-refractivity contribution < 1.29 is 14.6 Å². The number of piperidine rings is 1. The number of aliphatic hydroxyl groups is 1. The van der Waals surface area contributed by atoms with Crippen molar-refractivity contribution in [1.82, 2.24) is 15.6 Å². The number of carbonyl (C=O) groups is 1. The molecule has 6 rings (SSSR count). The van der Waals surface area contributed by atoms with Crippen LogP contribution in [0.15, 0.2) is 60.8 Å². The molecule has 4 N–H and O–H groups in total. The Hall–Kier alpha value is -3.50. The third-order valence-electron chi connectivity index (χ3n) is 6.60. The number of aromatic nitrogens is 1. The van der Waals surface area contributed by atoms with Crippen LogP contribution >= 0.6 is 11.3 Å². The first-order chi connectivity index (χ1) is 17.6. The quantitative estimate of drug-likeness (QED) is 0.264. The van der Waals surface area contributed by atoms with E-state index in [2.05, 4.69) is 20.9 Å². The van der Waals surface area contributed by atoms with Gasteiger partial charge in [0.25, 0.3) is 0 Å². The summed E-state index contributed by atoms with van der Waals surface area (Å²) < 4.78 is 5.97. The molecule has 2 aromatic carbocycles. The maximum Gasteiger partial charge on any atom is 0.331 e. The number of aryl methyl sites for hydroxylation is 1. The van der Waals surface area contributed by atoms with Gasteiger partial charge in [0.2, 0.25) is 0 Å². The largest absolute Gasteiger partial charge is 0.457 e. The summed E-state index contributed by atoms with van der Waals surface area (Å²) in [7, 11) is 0. The molecule has 0 spiro atoms. The Morgan fingerprint density at radius 1 is 1.17 bits per heavy atom. The standard InChI is InChI=1S/C27H27N5O3S/c1-16-14-19(35-18-7-3-2-4-8-18)9-10-20(16)32-21-11-13-29-26-22(21)23(31-27(32)34)24(36-26)25(33)30-17-6-5-12-28-15-17/h2-4,7-11,13-14,17,25,28,30,33H,5-6,12,15H2,1H3,(H,31,34)/t17-,25?/m1/s1. The maximum absolute atomic E-state index is 13.4. The molecule has 2 aliphatic rings. The van der Waals surface area contributed by atoms with Gasteiger partial charge in [0.15, 0.2) is 0 Å². The van der Waals surface area contributed by atoms with Crippen molar-refractivity contribution in [3.05, 3.63) is 71.2 Å². The molecule has 1 saturated heterocycles. The molecule has 2 aliphatic heterocycles. The highest BCUT2D eigenvalue weighted by Crippen LogP contribution is 2.48. The van der Waals surface area contributed by atoms with Crippen LogP contribution < -0.4 is 25.6 Å². The lowest BCUT2D eigenvalue weighted by Crippen LogP contribution is -2.44. The SMILES string of the molecule is Cc1cc(Oc2ccccc2)ccc1N1C(=O)Nc2c(C(O)N[C@@H]3CCCNC3)sc3nccc1c23. The van der Waals surface area contributed by atoms with Crippen molar-refractivity contribution in [2.75, 3.05) is 23.3 Å². The van der Waals surface area contributed by atoms with Gasteiger partial charge in [-0.05, 0) is 68.3 Å². The minimum atomic E-state index is -0.889. The van der Waals surface area contributed by atoms with Crippen molar-refractivity contribution in [1.29, 1.82) is 0 Å². The molecule has 4 heterocycles. The number of amides is 2. The Morgan fingerprint density at radius 2 is 2.03 bits per heavy atom. The summed E-state index contributed by atoms with van der Waals surface area (Å²) in [5.41, 5.74) is 3.03. The van der Waals surface area contributed by atoms with Gasteiger partial charge in [-0.15, -0.1) is 11.3 Å². The van der Waals surface area contributed by atoms with Crippen LogP contribution in [-0.2, 0) is 0 Å². The fraction of sp³-hybridized carbons (Fsp3) is 0.259. The van der Waals surface area contributed by atoms with E-state index in [1.165, 1.54) is 11.3 Å². The Bertz CT molecular complexity index is 1420. The summed E-state index contributed by atoms with van der Waals surface area (Å²) in [6.45, 7) is 3.77. The van der Waals surface area contributed by atoms with E-state index in [0.29, 0.717) is 16.3 Å². The number of anilines is 3. The first kappa shape index (κ1) is 22.9. The molecule has 9 heteroatoms. The molecule has 1 fully saturated rings. The van der Waals surface area contributed by atoms with Gasteiger partial charge < -0.3 is 20.5 Å². The predicted molar refractivity (Wildman–Crippen MR) is 142 cm³/mol. The molecule has 2 atom stereocenters. The molecule has 4 aromatic rings. The van der Waals surface area contributed by atoms with Crippen molar-refractivity contribution >= 4 is 44.6 Å². The molecule has 0 aliphatic carbocycles. The van der Waals surface area contributed by atoms with Gasteiger partial charge >= 0.3 is 6.03 Å². The summed E-state index contributed by atoms with van der Waals surface area (Å²) >= 11 is 1.40. The van der Waals surface area contributed by atoms with E-state index < -0.39 is 6.23 Å². The molecular weight excluding hydrogens is 474 g/mol. The zero-order valence-electron chi connectivity index (χ0n) is 19.8. The van der Waals surface area contributed by atoms with Crippen LogP contribution in [0.1, 0.15) is 29.5 Å². The Labute approximate surface area is 212 Å². The average molecular weight is 502 g/mol. The molecule has 36 heavy (non-hydrogen) atoms. The van der Waals surface area contributed by atoms with Gasteiger partial charge in [-0.1, -0.05) is 18.2 Å². The monoisotopic (exact) mass is 501 g/mol. The van der Waals surface area contributed by atoms with E-state index in [1.54, 1.807) is 11.1 Å². The lowest BCUT2D eigenvalue weighted by atomic mass is 10.1. The molecule has 0 radical (unpaired) electrons. The van der Waals surface area contributed by atoms with Gasteiger partial charge in [0, 0.05) is 18.8 Å². The zero-order valence-corrected chi connectivity index (χ0v) is 20.6. The topological polar surface area (TPSA) is 98.8 Å². The third-order valence-corrected chi connectivity index (χ3v) is 7.75. The molecular formula is C27H27N5O3S. The summed E-state index contributed by atoms with van der Waals surface area (Å²) in [6, 6.07) is 17.0. The fourth-order valence-corrected chi connectivity index (χ4v) is 5.96. The number of rotatable bonds is 6. The first-order valence-corrected chi connectivity index (χ1v) is 12.9. The smallest absolute Gasteiger partial charge is 0.331 e. The number of benzene rings is 2. The number of aliphatic hydroxyl groups excluding tert-OH is 1. The molecule has 1 unspecified atom stereocenters. The van der Waals surface area contributed by atoms with E-state index in [-0.39, 0.29) is 12.1 Å². The van der Waals surface area contributed by atoms with Crippen molar-refractivity contribution in [3.63, 3.8) is 0 Å². The lowest BCUT2D eigenvalue weighted by molar-refractivity contribution is 0.120.